The van der Waals surface area contributed by atoms with Crippen molar-refractivity contribution in [3.63, 3.8) is 0 Å². The Morgan fingerprint density at radius 2 is 1.67 bits per heavy atom. The second kappa shape index (κ2) is 17.7. The summed E-state index contributed by atoms with van der Waals surface area (Å²) in [6.45, 7) is 10.5. The predicted molar refractivity (Wildman–Crippen MR) is 271 cm³/mol. The topological polar surface area (TPSA) is 160 Å². The number of carbonyl (C=O) groups is 3. The number of pyridine rings is 1. The van der Waals surface area contributed by atoms with E-state index >= 15 is 4.39 Å². The number of ether oxygens (including phenoxy) is 1. The number of aromatic nitrogens is 3. The molecule has 6 aliphatic heterocycles. The van der Waals surface area contributed by atoms with Crippen molar-refractivity contribution in [3.05, 3.63) is 77.2 Å². The van der Waals surface area contributed by atoms with Crippen LogP contribution in [0.15, 0.2) is 54.7 Å². The number of likely N-dealkylation sites (tertiary alicyclic amines) is 1. The summed E-state index contributed by atoms with van der Waals surface area (Å²) in [7, 11) is 0. The zero-order valence-electron chi connectivity index (χ0n) is 40.7. The number of hydrogen-bond acceptors (Lipinski definition) is 13. The number of imide groups is 1. The monoisotopic (exact) mass is 972 g/mol. The molecule has 72 heavy (non-hydrogen) atoms. The Morgan fingerprint density at radius 3 is 2.42 bits per heavy atom. The van der Waals surface area contributed by atoms with E-state index in [1.54, 1.807) is 17.2 Å². The van der Waals surface area contributed by atoms with Crippen LogP contribution in [0.3, 0.4) is 0 Å². The molecule has 5 aromatic rings. The van der Waals surface area contributed by atoms with Gasteiger partial charge in [-0.15, -0.1) is 6.42 Å². The van der Waals surface area contributed by atoms with Crippen LogP contribution in [0, 0.1) is 34.9 Å². The molecule has 3 aromatic carbocycles. The molecule has 372 valence electrons. The first kappa shape index (κ1) is 45.5. The number of benzene rings is 3. The Bertz CT molecular complexity index is 3070. The second-order valence-electron chi connectivity index (χ2n) is 22.5. The summed E-state index contributed by atoms with van der Waals surface area (Å²) in [6.07, 6.45) is 17.6. The molecule has 8 aliphatic rings. The fourth-order valence-corrected chi connectivity index (χ4v) is 13.6. The molecule has 15 nitrogen and oxygen atoms in total. The zero-order chi connectivity index (χ0) is 48.9. The Morgan fingerprint density at radius 1 is 0.875 bits per heavy atom. The van der Waals surface area contributed by atoms with Crippen molar-refractivity contribution < 1.29 is 28.6 Å². The molecular weight excluding hydrogens is 912 g/mol. The summed E-state index contributed by atoms with van der Waals surface area (Å²) < 4.78 is 23.7. The van der Waals surface area contributed by atoms with Crippen molar-refractivity contribution in [2.24, 2.45) is 16.7 Å². The molecule has 3 atom stereocenters. The largest absolute Gasteiger partial charge is 0.508 e. The molecule has 7 fully saturated rings. The van der Waals surface area contributed by atoms with Gasteiger partial charge in [-0.3, -0.25) is 29.6 Å². The minimum atomic E-state index is -0.602. The second-order valence-corrected chi connectivity index (χ2v) is 22.5. The number of amides is 3. The molecule has 3 N–H and O–H groups in total. The first-order chi connectivity index (χ1) is 35.0. The quantitative estimate of drug-likeness (QED) is 0.107. The molecule has 2 saturated carbocycles. The highest BCUT2D eigenvalue weighted by atomic mass is 19.1. The van der Waals surface area contributed by atoms with Gasteiger partial charge in [0.25, 0.3) is 5.91 Å². The molecule has 2 bridgehead atoms. The van der Waals surface area contributed by atoms with Gasteiger partial charge in [-0.05, 0) is 123 Å². The Kier molecular flexibility index (Phi) is 11.2. The number of piperazine rings is 2. The van der Waals surface area contributed by atoms with Gasteiger partial charge < -0.3 is 34.8 Å². The van der Waals surface area contributed by atoms with E-state index in [9.17, 15) is 19.5 Å². The van der Waals surface area contributed by atoms with Crippen LogP contribution in [0.2, 0.25) is 0 Å². The van der Waals surface area contributed by atoms with E-state index in [1.807, 2.05) is 30.3 Å². The van der Waals surface area contributed by atoms with Crippen molar-refractivity contribution in [2.75, 3.05) is 81.9 Å². The first-order valence-corrected chi connectivity index (χ1v) is 26.2. The van der Waals surface area contributed by atoms with Crippen LogP contribution < -0.4 is 25.2 Å². The summed E-state index contributed by atoms with van der Waals surface area (Å²) in [5.41, 5.74) is 4.32. The fraction of sp³-hybridized carbons (Fsp3) is 0.500. The van der Waals surface area contributed by atoms with Gasteiger partial charge in [0.1, 0.15) is 28.8 Å². The number of halogens is 1. The summed E-state index contributed by atoms with van der Waals surface area (Å²) in [5.74, 6) is 2.70. The number of hydrogen-bond donors (Lipinski definition) is 3. The molecule has 1 spiro atoms. The molecule has 5 saturated heterocycles. The maximum Gasteiger partial charge on any atom is 0.319 e. The lowest BCUT2D eigenvalue weighted by molar-refractivity contribution is -0.136. The van der Waals surface area contributed by atoms with Crippen molar-refractivity contribution in [1.82, 2.24) is 40.3 Å². The predicted octanol–water partition coefficient (Wildman–Crippen LogP) is 5.85. The van der Waals surface area contributed by atoms with Crippen LogP contribution >= 0.6 is 0 Å². The van der Waals surface area contributed by atoms with Crippen LogP contribution in [-0.4, -0.2) is 143 Å². The molecule has 8 heterocycles. The third-order valence-corrected chi connectivity index (χ3v) is 17.7. The Balaban J connectivity index is 0.623. The van der Waals surface area contributed by atoms with E-state index in [4.69, 9.17) is 21.1 Å². The lowest BCUT2D eigenvalue weighted by atomic mass is 9.57. The van der Waals surface area contributed by atoms with Crippen molar-refractivity contribution >= 4 is 50.9 Å². The molecule has 2 aliphatic carbocycles. The zero-order valence-corrected chi connectivity index (χ0v) is 40.7. The minimum Gasteiger partial charge on any atom is -0.508 e. The molecule has 16 heteroatoms. The maximum absolute atomic E-state index is 17.2. The third kappa shape index (κ3) is 8.27. The van der Waals surface area contributed by atoms with Gasteiger partial charge in [-0.1, -0.05) is 24.1 Å². The van der Waals surface area contributed by atoms with E-state index < -0.39 is 11.9 Å². The number of phenols is 1. The van der Waals surface area contributed by atoms with Crippen molar-refractivity contribution in [2.45, 2.75) is 88.9 Å². The lowest BCUT2D eigenvalue weighted by Gasteiger charge is -2.54. The SMILES string of the molecule is C#Cc1cccc2cc(O)cc(-c3ncc4c(N5CC6CCC(C5)N6)nc(OCC5(CN6CCC7(CC6)CC(CN6CCN(c8ccc9c(c8)C(=O)N([C@H]8CCC(=O)NC8=O)C9)CC6)C7)CC5)nc4c3F)c12. The van der Waals surface area contributed by atoms with Crippen LogP contribution in [0.5, 0.6) is 11.8 Å². The maximum atomic E-state index is 17.2. The summed E-state index contributed by atoms with van der Waals surface area (Å²) in [5, 5.41) is 18.7. The van der Waals surface area contributed by atoms with Crippen molar-refractivity contribution in [1.29, 1.82) is 0 Å². The number of carbonyl (C=O) groups excluding carboxylic acids is 3. The van der Waals surface area contributed by atoms with Gasteiger partial charge in [0.2, 0.25) is 11.8 Å². The van der Waals surface area contributed by atoms with Gasteiger partial charge in [0, 0.05) is 117 Å². The molecule has 2 aromatic heterocycles. The number of nitrogens with zero attached hydrogens (tertiary/aromatic N) is 8. The number of anilines is 2. The number of piperidine rings is 2. The normalized spacial score (nSPS) is 25.0. The van der Waals surface area contributed by atoms with Crippen LogP contribution in [-0.2, 0) is 16.1 Å². The highest BCUT2D eigenvalue weighted by molar-refractivity contribution is 6.06. The highest BCUT2D eigenvalue weighted by Gasteiger charge is 2.50. The highest BCUT2D eigenvalue weighted by Crippen LogP contribution is 2.54. The molecule has 3 amide bonds. The van der Waals surface area contributed by atoms with Gasteiger partial charge in [0.15, 0.2) is 5.82 Å². The number of rotatable bonds is 11. The number of terminal acetylenes is 1. The molecule has 0 radical (unpaired) electrons. The lowest BCUT2D eigenvalue weighted by Crippen LogP contribution is -2.53. The smallest absolute Gasteiger partial charge is 0.319 e. The average molecular weight is 973 g/mol. The van der Waals surface area contributed by atoms with Crippen LogP contribution in [0.1, 0.15) is 85.7 Å². The van der Waals surface area contributed by atoms with Gasteiger partial charge >= 0.3 is 6.01 Å². The van der Waals surface area contributed by atoms with E-state index in [0.717, 1.165) is 108 Å². The summed E-state index contributed by atoms with van der Waals surface area (Å²) in [6, 6.07) is 15.0. The van der Waals surface area contributed by atoms with Gasteiger partial charge in [-0.2, -0.15) is 9.97 Å². The third-order valence-electron chi connectivity index (χ3n) is 17.7. The van der Waals surface area contributed by atoms with E-state index in [2.05, 4.69) is 47.2 Å². The molecular formula is C56H61FN10O5. The minimum absolute atomic E-state index is 0.00618. The Hall–Kier alpha value is -6.41. The van der Waals surface area contributed by atoms with E-state index in [1.165, 1.54) is 31.7 Å². The van der Waals surface area contributed by atoms with Crippen molar-refractivity contribution in [3.8, 4) is 35.4 Å². The number of phenolic OH excluding ortho intramolecular Hbond substituents is 1. The fourth-order valence-electron chi connectivity index (χ4n) is 13.6. The van der Waals surface area contributed by atoms with Gasteiger partial charge in [0.05, 0.1) is 12.0 Å². The van der Waals surface area contributed by atoms with E-state index in [0.29, 0.717) is 75.7 Å². The summed E-state index contributed by atoms with van der Waals surface area (Å²) in [4.78, 5) is 63.7. The number of aromatic hydroxyl groups is 1. The van der Waals surface area contributed by atoms with Crippen LogP contribution in [0.4, 0.5) is 15.9 Å². The standard InChI is InChI=1S/C56H61FN10O5/c1-2-35-4-3-5-36-22-41(68)24-43(47(35)36)49-48(57)50-44(27-58-49)51(66-30-38-7-8-39(31-66)59-38)62-54(61-50)72-33-56(12-13-56)32-64-16-14-55(15-17-64)25-34(26-55)28-63-18-20-65(21-19-63)40-9-6-37-29-67(53(71)42(37)23-40)45-10-11-46(69)60-52(45)70/h1,3-6,9,22-24,27,34,38-39,45,59,68H,7-8,10-21,25-26,28-33H2,(H,60,69,70)/t38?,39?,45-/m0/s1. The van der Waals surface area contributed by atoms with E-state index in [-0.39, 0.29) is 52.5 Å². The average Bonchev–Trinajstić information content (AvgIpc) is 3.95. The Labute approximate surface area is 418 Å². The van der Waals surface area contributed by atoms with Crippen LogP contribution in [0.25, 0.3) is 32.9 Å². The number of fused-ring (bicyclic) bond motifs is 5. The molecule has 13 rings (SSSR count). The summed E-state index contributed by atoms with van der Waals surface area (Å²) >= 11 is 0. The first-order valence-electron chi connectivity index (χ1n) is 26.2. The van der Waals surface area contributed by atoms with Gasteiger partial charge in [-0.25, -0.2) is 4.39 Å². The number of nitrogens with one attached hydrogen (secondary N) is 2. The molecule has 2 unspecified atom stereocenters.